The third-order valence-electron chi connectivity index (χ3n) is 6.16. The normalized spacial score (nSPS) is 17.8. The van der Waals surface area contributed by atoms with Crippen LogP contribution >= 0.6 is 0 Å². The van der Waals surface area contributed by atoms with E-state index in [4.69, 9.17) is 4.98 Å². The number of fused-ring (bicyclic) bond motifs is 2. The van der Waals surface area contributed by atoms with E-state index in [9.17, 15) is 0 Å². The smallest absolute Gasteiger partial charge is 0.201 e. The predicted octanol–water partition coefficient (Wildman–Crippen LogP) is 4.63. The lowest BCUT2D eigenvalue weighted by molar-refractivity contribution is 0.307. The van der Waals surface area contributed by atoms with Crippen LogP contribution in [0.15, 0.2) is 54.6 Å². The van der Waals surface area contributed by atoms with Crippen LogP contribution in [0.3, 0.4) is 0 Å². The first-order valence-electron chi connectivity index (χ1n) is 10.3. The lowest BCUT2D eigenvalue weighted by Gasteiger charge is -2.35. The zero-order valence-electron chi connectivity index (χ0n) is 16.2. The highest BCUT2D eigenvalue weighted by atomic mass is 15.1. The highest BCUT2D eigenvalue weighted by Gasteiger charge is 2.30. The van der Waals surface area contributed by atoms with Crippen molar-refractivity contribution in [2.24, 2.45) is 5.92 Å². The van der Waals surface area contributed by atoms with E-state index >= 15 is 0 Å². The van der Waals surface area contributed by atoms with Crippen molar-refractivity contribution in [3.05, 3.63) is 60.3 Å². The second-order valence-electron chi connectivity index (χ2n) is 7.96. The van der Waals surface area contributed by atoms with Crippen molar-refractivity contribution >= 4 is 27.9 Å². The Morgan fingerprint density at radius 1 is 0.964 bits per heavy atom. The number of imidazole rings is 1. The zero-order valence-corrected chi connectivity index (χ0v) is 16.2. The molecule has 2 unspecified atom stereocenters. The Kier molecular flexibility index (Phi) is 4.53. The predicted molar refractivity (Wildman–Crippen MR) is 116 cm³/mol. The van der Waals surface area contributed by atoms with E-state index in [-0.39, 0.29) is 0 Å². The van der Waals surface area contributed by atoms with E-state index in [0.29, 0.717) is 17.9 Å². The molecule has 5 nitrogen and oxygen atoms in total. The van der Waals surface area contributed by atoms with Crippen LogP contribution in [0.25, 0.3) is 21.9 Å². The summed E-state index contributed by atoms with van der Waals surface area (Å²) in [5.41, 5.74) is 4.57. The first kappa shape index (κ1) is 17.3. The minimum Gasteiger partial charge on any atom is -0.358 e. The summed E-state index contributed by atoms with van der Waals surface area (Å²) in [6.45, 7) is 4.50. The fourth-order valence-electron chi connectivity index (χ4n) is 4.57. The third-order valence-corrected chi connectivity index (χ3v) is 6.16. The van der Waals surface area contributed by atoms with E-state index in [2.05, 4.69) is 70.0 Å². The minimum atomic E-state index is 0.315. The van der Waals surface area contributed by atoms with E-state index < -0.39 is 0 Å². The highest BCUT2D eigenvalue weighted by molar-refractivity contribution is 5.80. The van der Waals surface area contributed by atoms with Crippen LogP contribution in [0, 0.1) is 5.92 Å². The van der Waals surface area contributed by atoms with E-state index in [0.717, 1.165) is 30.1 Å². The van der Waals surface area contributed by atoms with E-state index in [1.807, 2.05) is 12.1 Å². The highest BCUT2D eigenvalue weighted by Crippen LogP contribution is 2.32. The van der Waals surface area contributed by atoms with Gasteiger partial charge in [-0.15, -0.1) is 0 Å². The number of H-pyrrole nitrogens is 2. The van der Waals surface area contributed by atoms with Gasteiger partial charge in [0.25, 0.3) is 0 Å². The van der Waals surface area contributed by atoms with Gasteiger partial charge in [-0.05, 0) is 61.5 Å². The number of hydrogen-bond donors (Lipinski definition) is 4. The Morgan fingerprint density at radius 2 is 1.71 bits per heavy atom. The first-order chi connectivity index (χ1) is 13.8. The van der Waals surface area contributed by atoms with Gasteiger partial charge in [-0.1, -0.05) is 37.3 Å². The zero-order chi connectivity index (χ0) is 18.9. The summed E-state index contributed by atoms with van der Waals surface area (Å²) in [7, 11) is 0. The molecule has 4 aromatic rings. The summed E-state index contributed by atoms with van der Waals surface area (Å²) in [6.07, 6.45) is 2.37. The van der Waals surface area contributed by atoms with Gasteiger partial charge in [-0.25, -0.2) is 4.98 Å². The third kappa shape index (κ3) is 3.27. The summed E-state index contributed by atoms with van der Waals surface area (Å²) in [4.78, 5) is 11.9. The van der Waals surface area contributed by atoms with Crippen molar-refractivity contribution in [2.45, 2.75) is 31.7 Å². The maximum absolute atomic E-state index is 4.77. The molecular formula is C23H27N5. The molecule has 0 amide bonds. The van der Waals surface area contributed by atoms with Gasteiger partial charge in [-0.3, -0.25) is 0 Å². The van der Waals surface area contributed by atoms with Crippen molar-refractivity contribution < 1.29 is 0 Å². The summed E-state index contributed by atoms with van der Waals surface area (Å²) in [6, 6.07) is 19.3. The van der Waals surface area contributed by atoms with E-state index in [1.165, 1.54) is 29.4 Å². The second-order valence-corrected chi connectivity index (χ2v) is 7.96. The number of nitrogens with zero attached hydrogens (tertiary/aromatic N) is 1. The average Bonchev–Trinajstić information content (AvgIpc) is 3.35. The number of piperidine rings is 1. The van der Waals surface area contributed by atoms with Gasteiger partial charge in [-0.2, -0.15) is 0 Å². The van der Waals surface area contributed by atoms with Gasteiger partial charge < -0.3 is 20.6 Å². The van der Waals surface area contributed by atoms with Crippen molar-refractivity contribution in [3.63, 3.8) is 0 Å². The summed E-state index contributed by atoms with van der Waals surface area (Å²) < 4.78 is 0. The Hall–Kier alpha value is -2.79. The lowest BCUT2D eigenvalue weighted by Crippen LogP contribution is -2.41. The molecule has 2 atom stereocenters. The molecule has 5 rings (SSSR count). The van der Waals surface area contributed by atoms with Crippen molar-refractivity contribution in [2.75, 3.05) is 18.4 Å². The van der Waals surface area contributed by atoms with Crippen LogP contribution in [0.1, 0.15) is 31.4 Å². The summed E-state index contributed by atoms with van der Waals surface area (Å²) in [5.74, 6) is 1.83. The maximum atomic E-state index is 4.77. The van der Waals surface area contributed by atoms with Crippen molar-refractivity contribution in [1.29, 1.82) is 0 Å². The molecule has 3 heterocycles. The molecule has 1 saturated heterocycles. The molecule has 1 aliphatic rings. The molecule has 0 aliphatic carbocycles. The fraction of sp³-hybridized carbons (Fsp3) is 0.348. The largest absolute Gasteiger partial charge is 0.358 e. The number of para-hydroxylation sites is 3. The first-order valence-corrected chi connectivity index (χ1v) is 10.3. The van der Waals surface area contributed by atoms with Crippen LogP contribution in [0.5, 0.6) is 0 Å². The van der Waals surface area contributed by atoms with Crippen LogP contribution in [0.4, 0.5) is 5.95 Å². The molecule has 28 heavy (non-hydrogen) atoms. The number of aromatic amines is 2. The van der Waals surface area contributed by atoms with Crippen molar-refractivity contribution in [1.82, 2.24) is 20.3 Å². The molecule has 2 aromatic carbocycles. The van der Waals surface area contributed by atoms with Gasteiger partial charge in [0.2, 0.25) is 5.95 Å². The van der Waals surface area contributed by atoms with Crippen LogP contribution in [-0.4, -0.2) is 34.1 Å². The molecule has 1 fully saturated rings. The Balaban J connectivity index is 1.47. The molecule has 0 saturated carbocycles. The molecule has 5 heteroatoms. The van der Waals surface area contributed by atoms with E-state index in [1.54, 1.807) is 0 Å². The Bertz CT molecular complexity index is 1010. The SMILES string of the molecule is CC(c1cc2ccccc2[nH]1)C(Nc1nc2ccccc2[nH]1)C1CCNCC1. The number of nitrogens with one attached hydrogen (secondary N) is 4. The average molecular weight is 374 g/mol. The van der Waals surface area contributed by atoms with Crippen LogP contribution in [-0.2, 0) is 0 Å². The molecule has 4 N–H and O–H groups in total. The number of anilines is 1. The number of benzene rings is 2. The monoisotopic (exact) mass is 373 g/mol. The fourth-order valence-corrected chi connectivity index (χ4v) is 4.57. The van der Waals surface area contributed by atoms with Gasteiger partial charge in [0.05, 0.1) is 11.0 Å². The standard InChI is InChI=1S/C23H27N5/c1-15(21-14-17-6-2-3-7-18(17)25-21)22(16-10-12-24-13-11-16)28-23-26-19-8-4-5-9-20(19)27-23/h2-9,14-16,22,24-25H,10-13H2,1H3,(H2,26,27,28). The molecule has 2 aromatic heterocycles. The second kappa shape index (κ2) is 7.32. The molecular weight excluding hydrogens is 346 g/mol. The number of aromatic nitrogens is 3. The van der Waals surface area contributed by atoms with Gasteiger partial charge in [0.15, 0.2) is 0 Å². The lowest BCUT2D eigenvalue weighted by atomic mass is 9.82. The van der Waals surface area contributed by atoms with Gasteiger partial charge in [0.1, 0.15) is 0 Å². The molecule has 0 radical (unpaired) electrons. The van der Waals surface area contributed by atoms with Crippen LogP contribution in [0.2, 0.25) is 0 Å². The molecule has 0 spiro atoms. The Labute approximate surface area is 165 Å². The number of rotatable bonds is 5. The topological polar surface area (TPSA) is 68.5 Å². The maximum Gasteiger partial charge on any atom is 0.201 e. The van der Waals surface area contributed by atoms with Crippen LogP contribution < -0.4 is 10.6 Å². The summed E-state index contributed by atoms with van der Waals surface area (Å²) in [5, 5.41) is 8.54. The summed E-state index contributed by atoms with van der Waals surface area (Å²) >= 11 is 0. The van der Waals surface area contributed by atoms with Crippen molar-refractivity contribution in [3.8, 4) is 0 Å². The van der Waals surface area contributed by atoms with Gasteiger partial charge in [0, 0.05) is 23.2 Å². The minimum absolute atomic E-state index is 0.315. The Morgan fingerprint density at radius 3 is 2.50 bits per heavy atom. The quantitative estimate of drug-likeness (QED) is 0.412. The number of hydrogen-bond acceptors (Lipinski definition) is 3. The molecule has 1 aliphatic heterocycles. The van der Waals surface area contributed by atoms with Gasteiger partial charge >= 0.3 is 0 Å². The molecule has 0 bridgehead atoms. The molecule has 144 valence electrons.